The van der Waals surface area contributed by atoms with Crippen LogP contribution in [0.5, 0.6) is 0 Å². The van der Waals surface area contributed by atoms with E-state index in [2.05, 4.69) is 40.5 Å². The summed E-state index contributed by atoms with van der Waals surface area (Å²) in [5.41, 5.74) is 2.57. The highest BCUT2D eigenvalue weighted by Gasteiger charge is 2.15. The van der Waals surface area contributed by atoms with Crippen LogP contribution in [0.25, 0.3) is 0 Å². The number of nitrogens with two attached hydrogens (primary N) is 1. The predicted octanol–water partition coefficient (Wildman–Crippen LogP) is 1.65. The van der Waals surface area contributed by atoms with Gasteiger partial charge in [0.15, 0.2) is 0 Å². The lowest BCUT2D eigenvalue weighted by molar-refractivity contribution is 0.664. The molecule has 1 unspecified atom stereocenters. The number of thioether (sulfide) groups is 1. The van der Waals surface area contributed by atoms with Crippen molar-refractivity contribution in [2.45, 2.75) is 26.3 Å². The predicted molar refractivity (Wildman–Crippen MR) is 75.4 cm³/mol. The normalized spacial score (nSPS) is 12.3. The maximum atomic E-state index is 5.39. The molecule has 0 bridgehead atoms. The Kier molecular flexibility index (Phi) is 5.50. The fourth-order valence-corrected chi connectivity index (χ4v) is 2.53. The molecule has 1 rings (SSSR count). The van der Waals surface area contributed by atoms with Crippen molar-refractivity contribution in [1.29, 1.82) is 0 Å². The molecule has 0 aliphatic carbocycles. The summed E-state index contributed by atoms with van der Waals surface area (Å²) in [6.07, 6.45) is 3.21. The molecular weight excluding hydrogens is 234 g/mol. The zero-order valence-corrected chi connectivity index (χ0v) is 11.7. The van der Waals surface area contributed by atoms with Gasteiger partial charge in [-0.15, -0.1) is 0 Å². The van der Waals surface area contributed by atoms with Gasteiger partial charge in [0.25, 0.3) is 0 Å². The van der Waals surface area contributed by atoms with E-state index in [0.29, 0.717) is 11.9 Å². The molecule has 1 aromatic rings. The van der Waals surface area contributed by atoms with Crippen molar-refractivity contribution >= 4 is 23.4 Å². The third-order valence-corrected chi connectivity index (χ3v) is 3.43. The van der Waals surface area contributed by atoms with Crippen LogP contribution in [-0.2, 0) is 0 Å². The minimum atomic E-state index is 0.477. The lowest BCUT2D eigenvalue weighted by Gasteiger charge is -2.28. The number of aryl methyl sites for hydroxylation is 1. The second kappa shape index (κ2) is 6.66. The molecule has 0 aliphatic heterocycles. The number of anilines is 2. The number of nitrogens with zero attached hydrogens (tertiary/aromatic N) is 3. The molecule has 3 N–H and O–H groups in total. The van der Waals surface area contributed by atoms with Gasteiger partial charge in [-0.2, -0.15) is 11.8 Å². The van der Waals surface area contributed by atoms with Gasteiger partial charge < -0.3 is 10.3 Å². The molecular formula is C11H21N5S. The Morgan fingerprint density at radius 2 is 2.24 bits per heavy atom. The molecule has 0 saturated carbocycles. The van der Waals surface area contributed by atoms with E-state index in [1.165, 1.54) is 0 Å². The minimum absolute atomic E-state index is 0.477. The fraction of sp³-hybridized carbons (Fsp3) is 0.636. The first kappa shape index (κ1) is 14.1. The summed E-state index contributed by atoms with van der Waals surface area (Å²) in [5, 5.41) is 0. The fourth-order valence-electron chi connectivity index (χ4n) is 1.69. The molecule has 0 radical (unpaired) electrons. The van der Waals surface area contributed by atoms with E-state index in [0.717, 1.165) is 23.8 Å². The Morgan fingerprint density at radius 1 is 1.53 bits per heavy atom. The van der Waals surface area contributed by atoms with Crippen LogP contribution in [0.3, 0.4) is 0 Å². The summed E-state index contributed by atoms with van der Waals surface area (Å²) in [6, 6.07) is 2.35. The summed E-state index contributed by atoms with van der Waals surface area (Å²) >= 11 is 1.85. The van der Waals surface area contributed by atoms with Gasteiger partial charge in [-0.25, -0.2) is 15.8 Å². The maximum absolute atomic E-state index is 5.39. The standard InChI is InChI=1S/C11H21N5S/c1-5-9(7-17-4)16(3)11-6-10(15-12)13-8(2)14-11/h6,9H,5,7,12H2,1-4H3,(H,13,14,15). The van der Waals surface area contributed by atoms with Crippen molar-refractivity contribution in [3.63, 3.8) is 0 Å². The van der Waals surface area contributed by atoms with Gasteiger partial charge in [0.05, 0.1) is 0 Å². The van der Waals surface area contributed by atoms with E-state index in [-0.39, 0.29) is 0 Å². The highest BCUT2D eigenvalue weighted by molar-refractivity contribution is 7.98. The number of hydrogen-bond donors (Lipinski definition) is 2. The molecule has 0 aliphatic rings. The highest BCUT2D eigenvalue weighted by Crippen LogP contribution is 2.19. The topological polar surface area (TPSA) is 67.1 Å². The SMILES string of the molecule is CCC(CSC)N(C)c1cc(NN)nc(C)n1. The van der Waals surface area contributed by atoms with Crippen molar-refractivity contribution in [2.75, 3.05) is 29.4 Å². The first-order valence-electron chi connectivity index (χ1n) is 5.66. The summed E-state index contributed by atoms with van der Waals surface area (Å²) in [7, 11) is 2.06. The van der Waals surface area contributed by atoms with Gasteiger partial charge in [-0.3, -0.25) is 0 Å². The Labute approximate surface area is 107 Å². The molecule has 0 spiro atoms. The third-order valence-electron chi connectivity index (χ3n) is 2.71. The molecule has 0 saturated heterocycles. The molecule has 0 fully saturated rings. The summed E-state index contributed by atoms with van der Waals surface area (Å²) in [4.78, 5) is 10.8. The number of aromatic nitrogens is 2. The van der Waals surface area contributed by atoms with E-state index in [4.69, 9.17) is 5.84 Å². The number of nitrogens with one attached hydrogen (secondary N) is 1. The van der Waals surface area contributed by atoms with Crippen molar-refractivity contribution in [3.05, 3.63) is 11.9 Å². The third kappa shape index (κ3) is 3.74. The Hall–Kier alpha value is -1.01. The number of rotatable bonds is 6. The van der Waals surface area contributed by atoms with E-state index < -0.39 is 0 Å². The summed E-state index contributed by atoms with van der Waals surface area (Å²) in [5.74, 6) is 8.76. The van der Waals surface area contributed by atoms with Crippen LogP contribution < -0.4 is 16.2 Å². The van der Waals surface area contributed by atoms with Crippen LogP contribution in [0, 0.1) is 6.92 Å². The Balaban J connectivity index is 2.93. The van der Waals surface area contributed by atoms with Gasteiger partial charge in [-0.1, -0.05) is 6.92 Å². The monoisotopic (exact) mass is 255 g/mol. The van der Waals surface area contributed by atoms with Gasteiger partial charge >= 0.3 is 0 Å². The molecule has 5 nitrogen and oxygen atoms in total. The first-order valence-corrected chi connectivity index (χ1v) is 7.05. The zero-order chi connectivity index (χ0) is 12.8. The second-order valence-electron chi connectivity index (χ2n) is 3.93. The number of hydrazine groups is 1. The Bertz CT molecular complexity index is 358. The molecule has 1 heterocycles. The average molecular weight is 255 g/mol. The van der Waals surface area contributed by atoms with Crippen molar-refractivity contribution in [2.24, 2.45) is 5.84 Å². The molecule has 6 heteroatoms. The van der Waals surface area contributed by atoms with Gasteiger partial charge in [0.2, 0.25) is 0 Å². The lowest BCUT2D eigenvalue weighted by atomic mass is 10.2. The summed E-state index contributed by atoms with van der Waals surface area (Å²) < 4.78 is 0. The molecule has 0 amide bonds. The molecule has 96 valence electrons. The average Bonchev–Trinajstić information content (AvgIpc) is 2.34. The van der Waals surface area contributed by atoms with Crippen LogP contribution in [-0.4, -0.2) is 35.1 Å². The van der Waals surface area contributed by atoms with Crippen LogP contribution in [0.4, 0.5) is 11.6 Å². The molecule has 1 atom stereocenters. The van der Waals surface area contributed by atoms with Crippen molar-refractivity contribution in [1.82, 2.24) is 9.97 Å². The van der Waals surface area contributed by atoms with E-state index in [1.54, 1.807) is 0 Å². The van der Waals surface area contributed by atoms with Crippen LogP contribution in [0.1, 0.15) is 19.2 Å². The van der Waals surface area contributed by atoms with Crippen molar-refractivity contribution < 1.29 is 0 Å². The smallest absolute Gasteiger partial charge is 0.145 e. The van der Waals surface area contributed by atoms with E-state index in [1.807, 2.05) is 24.8 Å². The van der Waals surface area contributed by atoms with Crippen LogP contribution in [0.2, 0.25) is 0 Å². The van der Waals surface area contributed by atoms with Crippen molar-refractivity contribution in [3.8, 4) is 0 Å². The van der Waals surface area contributed by atoms with Gasteiger partial charge in [0, 0.05) is 24.9 Å². The van der Waals surface area contributed by atoms with E-state index in [9.17, 15) is 0 Å². The zero-order valence-electron chi connectivity index (χ0n) is 10.9. The maximum Gasteiger partial charge on any atom is 0.145 e. The number of hydrogen-bond acceptors (Lipinski definition) is 6. The Morgan fingerprint density at radius 3 is 2.76 bits per heavy atom. The van der Waals surface area contributed by atoms with E-state index >= 15 is 0 Å². The van der Waals surface area contributed by atoms with Gasteiger partial charge in [-0.05, 0) is 19.6 Å². The molecule has 17 heavy (non-hydrogen) atoms. The van der Waals surface area contributed by atoms with Gasteiger partial charge in [0.1, 0.15) is 17.5 Å². The second-order valence-corrected chi connectivity index (χ2v) is 4.84. The largest absolute Gasteiger partial charge is 0.356 e. The minimum Gasteiger partial charge on any atom is -0.356 e. The molecule has 0 aromatic carbocycles. The summed E-state index contributed by atoms with van der Waals surface area (Å²) in [6.45, 7) is 4.06. The molecule has 1 aromatic heterocycles. The van der Waals surface area contributed by atoms with Crippen LogP contribution >= 0.6 is 11.8 Å². The highest BCUT2D eigenvalue weighted by atomic mass is 32.2. The van der Waals surface area contributed by atoms with Crippen LogP contribution in [0.15, 0.2) is 6.07 Å². The first-order chi connectivity index (χ1) is 8.12. The lowest BCUT2D eigenvalue weighted by Crippen LogP contribution is -2.34. The quantitative estimate of drug-likeness (QED) is 0.595. The number of nitrogen functional groups attached to an aromatic ring is 1.